The Kier molecular flexibility index (Phi) is 6.37. The summed E-state index contributed by atoms with van der Waals surface area (Å²) in [4.78, 5) is 28.3. The smallest absolute Gasteiger partial charge is 0.339 e. The van der Waals surface area contributed by atoms with E-state index in [-0.39, 0.29) is 12.2 Å². The van der Waals surface area contributed by atoms with Gasteiger partial charge in [0.15, 0.2) is 11.5 Å². The average molecular weight is 360 g/mol. The Hall–Kier alpha value is -3.29. The zero-order valence-corrected chi connectivity index (χ0v) is 15.0. The summed E-state index contributed by atoms with van der Waals surface area (Å²) in [5.74, 6) is 0.166. The minimum absolute atomic E-state index is 0.245. The van der Waals surface area contributed by atoms with Crippen LogP contribution < -0.4 is 19.5 Å². The zero-order chi connectivity index (χ0) is 19.1. The molecule has 0 bridgehead atoms. The quantitative estimate of drug-likeness (QED) is 0.758. The highest BCUT2D eigenvalue weighted by atomic mass is 16.5. The lowest BCUT2D eigenvalue weighted by Crippen LogP contribution is -2.14. The number of hydrogen-bond acceptors (Lipinski definition) is 7. The molecule has 1 amide bonds. The van der Waals surface area contributed by atoms with E-state index in [1.54, 1.807) is 6.92 Å². The molecule has 1 aromatic carbocycles. The van der Waals surface area contributed by atoms with Gasteiger partial charge in [0.2, 0.25) is 5.75 Å². The summed E-state index contributed by atoms with van der Waals surface area (Å²) in [6.07, 6.45) is 2.80. The molecule has 0 aliphatic heterocycles. The van der Waals surface area contributed by atoms with Gasteiger partial charge in [0, 0.05) is 11.8 Å². The van der Waals surface area contributed by atoms with Crippen molar-refractivity contribution in [2.45, 2.75) is 6.92 Å². The standard InChI is InChI=1S/C18H20N2O6/c1-5-26-18(22)12-6-13(10-19-9-12)20-17(21)11-7-14(23-2)16(25-4)15(8-11)24-3/h6-10H,5H2,1-4H3,(H,20,21). The van der Waals surface area contributed by atoms with Gasteiger partial charge in [-0.25, -0.2) is 4.79 Å². The number of hydrogen-bond donors (Lipinski definition) is 1. The van der Waals surface area contributed by atoms with Gasteiger partial charge >= 0.3 is 5.97 Å². The van der Waals surface area contributed by atoms with Gasteiger partial charge in [0.05, 0.1) is 45.4 Å². The molecule has 1 aromatic heterocycles. The van der Waals surface area contributed by atoms with Gasteiger partial charge in [0.25, 0.3) is 5.91 Å². The molecule has 0 aliphatic carbocycles. The van der Waals surface area contributed by atoms with E-state index in [0.29, 0.717) is 28.5 Å². The summed E-state index contributed by atoms with van der Waals surface area (Å²) in [7, 11) is 4.41. The van der Waals surface area contributed by atoms with Crippen LogP contribution in [0, 0.1) is 0 Å². The lowest BCUT2D eigenvalue weighted by molar-refractivity contribution is 0.0525. The number of nitrogens with one attached hydrogen (secondary N) is 1. The van der Waals surface area contributed by atoms with Crippen molar-refractivity contribution in [1.29, 1.82) is 0 Å². The van der Waals surface area contributed by atoms with Crippen LogP contribution in [0.3, 0.4) is 0 Å². The molecular formula is C18H20N2O6. The van der Waals surface area contributed by atoms with E-state index in [1.807, 2.05) is 0 Å². The molecular weight excluding hydrogens is 340 g/mol. The number of amides is 1. The maximum Gasteiger partial charge on any atom is 0.339 e. The van der Waals surface area contributed by atoms with Gasteiger partial charge in [-0.15, -0.1) is 0 Å². The number of anilines is 1. The van der Waals surface area contributed by atoms with Crippen LogP contribution in [0.1, 0.15) is 27.6 Å². The van der Waals surface area contributed by atoms with Crippen molar-refractivity contribution in [3.05, 3.63) is 41.7 Å². The highest BCUT2D eigenvalue weighted by molar-refractivity contribution is 6.05. The lowest BCUT2D eigenvalue weighted by Gasteiger charge is -2.14. The third-order valence-electron chi connectivity index (χ3n) is 3.43. The van der Waals surface area contributed by atoms with E-state index < -0.39 is 11.9 Å². The molecule has 138 valence electrons. The number of benzene rings is 1. The van der Waals surface area contributed by atoms with Gasteiger partial charge in [-0.1, -0.05) is 0 Å². The van der Waals surface area contributed by atoms with Crippen molar-refractivity contribution < 1.29 is 28.5 Å². The van der Waals surface area contributed by atoms with Crippen LogP contribution in [-0.4, -0.2) is 44.8 Å². The molecule has 8 nitrogen and oxygen atoms in total. The fraction of sp³-hybridized carbons (Fsp3) is 0.278. The predicted octanol–water partition coefficient (Wildman–Crippen LogP) is 2.54. The summed E-state index contributed by atoms with van der Waals surface area (Å²) >= 11 is 0. The van der Waals surface area contributed by atoms with E-state index in [2.05, 4.69) is 10.3 Å². The SMILES string of the molecule is CCOC(=O)c1cncc(NC(=O)c2cc(OC)c(OC)c(OC)c2)c1. The van der Waals surface area contributed by atoms with E-state index in [9.17, 15) is 9.59 Å². The van der Waals surface area contributed by atoms with Gasteiger partial charge in [-0.2, -0.15) is 0 Å². The number of pyridine rings is 1. The minimum Gasteiger partial charge on any atom is -0.493 e. The molecule has 0 unspecified atom stereocenters. The first-order valence-corrected chi connectivity index (χ1v) is 7.77. The Morgan fingerprint density at radius 3 is 2.15 bits per heavy atom. The predicted molar refractivity (Wildman–Crippen MR) is 94.2 cm³/mol. The molecule has 0 aliphatic rings. The van der Waals surface area contributed by atoms with Crippen LogP contribution in [0.2, 0.25) is 0 Å². The zero-order valence-electron chi connectivity index (χ0n) is 15.0. The molecule has 0 spiro atoms. The molecule has 0 saturated carbocycles. The average Bonchev–Trinajstić information content (AvgIpc) is 2.67. The van der Waals surface area contributed by atoms with Gasteiger partial charge in [-0.05, 0) is 25.1 Å². The van der Waals surface area contributed by atoms with Crippen molar-refractivity contribution in [2.24, 2.45) is 0 Å². The maximum atomic E-state index is 12.5. The number of rotatable bonds is 7. The Balaban J connectivity index is 2.28. The topological polar surface area (TPSA) is 96.0 Å². The molecule has 26 heavy (non-hydrogen) atoms. The first-order valence-electron chi connectivity index (χ1n) is 7.77. The Morgan fingerprint density at radius 2 is 1.62 bits per heavy atom. The summed E-state index contributed by atoms with van der Waals surface area (Å²) in [5, 5.41) is 2.67. The summed E-state index contributed by atoms with van der Waals surface area (Å²) in [5.41, 5.74) is 0.893. The van der Waals surface area contributed by atoms with Crippen molar-refractivity contribution in [1.82, 2.24) is 4.98 Å². The minimum atomic E-state index is -0.510. The number of ether oxygens (including phenoxy) is 4. The molecule has 0 radical (unpaired) electrons. The first kappa shape index (κ1) is 19.0. The van der Waals surface area contributed by atoms with Gasteiger partial charge in [0.1, 0.15) is 0 Å². The molecule has 0 saturated heterocycles. The molecule has 2 aromatic rings. The second-order valence-corrected chi connectivity index (χ2v) is 5.05. The van der Waals surface area contributed by atoms with Crippen molar-refractivity contribution >= 4 is 17.6 Å². The molecule has 0 atom stereocenters. The van der Waals surface area contributed by atoms with Crippen molar-refractivity contribution in [3.63, 3.8) is 0 Å². The van der Waals surface area contributed by atoms with Crippen LogP contribution in [0.5, 0.6) is 17.2 Å². The second kappa shape index (κ2) is 8.70. The highest BCUT2D eigenvalue weighted by Crippen LogP contribution is 2.38. The fourth-order valence-electron chi connectivity index (χ4n) is 2.25. The van der Waals surface area contributed by atoms with Crippen LogP contribution in [0.25, 0.3) is 0 Å². The third kappa shape index (κ3) is 4.21. The largest absolute Gasteiger partial charge is 0.493 e. The van der Waals surface area contributed by atoms with Crippen LogP contribution in [0.4, 0.5) is 5.69 Å². The second-order valence-electron chi connectivity index (χ2n) is 5.05. The lowest BCUT2D eigenvalue weighted by atomic mass is 10.1. The monoisotopic (exact) mass is 360 g/mol. The number of carbonyl (C=O) groups excluding carboxylic acids is 2. The van der Waals surface area contributed by atoms with Crippen molar-refractivity contribution in [3.8, 4) is 17.2 Å². The number of methoxy groups -OCH3 is 3. The number of nitrogens with zero attached hydrogens (tertiary/aromatic N) is 1. The van der Waals surface area contributed by atoms with E-state index in [4.69, 9.17) is 18.9 Å². The normalized spacial score (nSPS) is 10.0. The number of carbonyl (C=O) groups is 2. The molecule has 0 fully saturated rings. The number of esters is 1. The molecule has 8 heteroatoms. The highest BCUT2D eigenvalue weighted by Gasteiger charge is 2.17. The Bertz CT molecular complexity index is 781. The maximum absolute atomic E-state index is 12.5. The molecule has 1 heterocycles. The third-order valence-corrected chi connectivity index (χ3v) is 3.43. The van der Waals surface area contributed by atoms with E-state index >= 15 is 0 Å². The Labute approximate surface area is 151 Å². The van der Waals surface area contributed by atoms with E-state index in [0.717, 1.165) is 0 Å². The summed E-state index contributed by atoms with van der Waals surface area (Å²) in [6, 6.07) is 4.54. The van der Waals surface area contributed by atoms with Gasteiger partial charge in [-0.3, -0.25) is 9.78 Å². The Morgan fingerprint density at radius 1 is 0.962 bits per heavy atom. The fourth-order valence-corrected chi connectivity index (χ4v) is 2.25. The van der Waals surface area contributed by atoms with E-state index in [1.165, 1.54) is 51.9 Å². The van der Waals surface area contributed by atoms with Crippen LogP contribution in [0.15, 0.2) is 30.6 Å². The van der Waals surface area contributed by atoms with Gasteiger partial charge < -0.3 is 24.3 Å². The van der Waals surface area contributed by atoms with Crippen LogP contribution in [-0.2, 0) is 4.74 Å². The summed E-state index contributed by atoms with van der Waals surface area (Å²) < 4.78 is 20.6. The van der Waals surface area contributed by atoms with Crippen molar-refractivity contribution in [2.75, 3.05) is 33.3 Å². The van der Waals surface area contributed by atoms with Crippen LogP contribution >= 0.6 is 0 Å². The number of aromatic nitrogens is 1. The molecule has 1 N–H and O–H groups in total. The molecule has 2 rings (SSSR count). The summed E-state index contributed by atoms with van der Waals surface area (Å²) in [6.45, 7) is 1.96. The first-order chi connectivity index (χ1) is 12.5.